The predicted molar refractivity (Wildman–Crippen MR) is 97.1 cm³/mol. The number of ether oxygens (including phenoxy) is 1. The Hall–Kier alpha value is -1.18. The number of morpholine rings is 1. The molecule has 4 heterocycles. The Balaban J connectivity index is 1.41. The first-order valence-electron chi connectivity index (χ1n) is 8.91. The molecule has 0 saturated carbocycles. The highest BCUT2D eigenvalue weighted by Gasteiger charge is 2.28. The van der Waals surface area contributed by atoms with Crippen LogP contribution in [-0.4, -0.2) is 65.4 Å². The van der Waals surface area contributed by atoms with Crippen LogP contribution >= 0.6 is 11.3 Å². The molecule has 0 bridgehead atoms. The summed E-state index contributed by atoms with van der Waals surface area (Å²) in [6, 6.07) is 0. The van der Waals surface area contributed by atoms with E-state index in [0.29, 0.717) is 0 Å². The van der Waals surface area contributed by atoms with E-state index in [1.165, 1.54) is 13.0 Å². The number of hydrogen-bond donors (Lipinski definition) is 0. The van der Waals surface area contributed by atoms with Crippen LogP contribution in [0.4, 0.5) is 5.13 Å². The van der Waals surface area contributed by atoms with E-state index in [0.717, 1.165) is 61.1 Å². The molecule has 2 fully saturated rings. The van der Waals surface area contributed by atoms with E-state index in [1.807, 2.05) is 4.52 Å². The van der Waals surface area contributed by atoms with Crippen LogP contribution in [0.1, 0.15) is 32.9 Å². The zero-order valence-electron chi connectivity index (χ0n) is 14.9. The van der Waals surface area contributed by atoms with E-state index in [1.54, 1.807) is 11.3 Å². The van der Waals surface area contributed by atoms with Crippen LogP contribution in [0.3, 0.4) is 0 Å². The second-order valence-corrected chi connectivity index (χ2v) is 8.94. The minimum atomic E-state index is 0.0739. The minimum absolute atomic E-state index is 0.0739. The predicted octanol–water partition coefficient (Wildman–Crippen LogP) is 2.25. The molecule has 1 unspecified atom stereocenters. The summed E-state index contributed by atoms with van der Waals surface area (Å²) in [5, 5.41) is 5.89. The first-order chi connectivity index (χ1) is 11.5. The molecule has 0 spiro atoms. The average molecular weight is 350 g/mol. The highest BCUT2D eigenvalue weighted by atomic mass is 32.1. The van der Waals surface area contributed by atoms with Crippen molar-refractivity contribution >= 4 is 21.4 Å². The van der Waals surface area contributed by atoms with Crippen molar-refractivity contribution in [2.75, 3.05) is 50.8 Å². The number of hydrogen-bond acceptors (Lipinski definition) is 6. The van der Waals surface area contributed by atoms with E-state index in [-0.39, 0.29) is 5.41 Å². The maximum atomic E-state index is 5.44. The van der Waals surface area contributed by atoms with Crippen LogP contribution in [0.25, 0.3) is 4.96 Å². The normalized spacial score (nSPS) is 23.5. The summed E-state index contributed by atoms with van der Waals surface area (Å²) in [6.07, 6.45) is 3.34. The molecule has 24 heavy (non-hydrogen) atoms. The molecule has 7 heteroatoms. The van der Waals surface area contributed by atoms with Gasteiger partial charge in [0.25, 0.3) is 0 Å². The maximum absolute atomic E-state index is 5.44. The minimum Gasteiger partial charge on any atom is -0.379 e. The summed E-state index contributed by atoms with van der Waals surface area (Å²) in [5.41, 5.74) is 1.18. The topological polar surface area (TPSA) is 45.9 Å². The molecule has 2 aliphatic heterocycles. The van der Waals surface area contributed by atoms with E-state index >= 15 is 0 Å². The van der Waals surface area contributed by atoms with Gasteiger partial charge in [0.05, 0.1) is 25.1 Å². The second-order valence-electron chi connectivity index (χ2n) is 8.00. The quantitative estimate of drug-likeness (QED) is 0.850. The van der Waals surface area contributed by atoms with Crippen LogP contribution in [0.5, 0.6) is 0 Å². The Morgan fingerprint density at radius 3 is 2.75 bits per heavy atom. The third kappa shape index (κ3) is 3.30. The summed E-state index contributed by atoms with van der Waals surface area (Å²) in [5.74, 6) is 0.740. The molecular weight excluding hydrogens is 322 g/mol. The van der Waals surface area contributed by atoms with Gasteiger partial charge in [-0.05, 0) is 12.3 Å². The Morgan fingerprint density at radius 1 is 1.25 bits per heavy atom. The number of nitrogens with zero attached hydrogens (tertiary/aromatic N) is 5. The Labute approximate surface area is 147 Å². The lowest BCUT2D eigenvalue weighted by Crippen LogP contribution is -2.39. The summed E-state index contributed by atoms with van der Waals surface area (Å²) in [6.45, 7) is 13.9. The van der Waals surface area contributed by atoms with Crippen molar-refractivity contribution in [2.24, 2.45) is 5.92 Å². The number of fused-ring (bicyclic) bond motifs is 1. The Kier molecular flexibility index (Phi) is 4.26. The van der Waals surface area contributed by atoms with Crippen LogP contribution in [0, 0.1) is 5.92 Å². The van der Waals surface area contributed by atoms with Gasteiger partial charge in [0.1, 0.15) is 0 Å². The first-order valence-corrected chi connectivity index (χ1v) is 9.72. The molecule has 2 aliphatic rings. The lowest BCUT2D eigenvalue weighted by Gasteiger charge is -2.28. The lowest BCUT2D eigenvalue weighted by molar-refractivity contribution is 0.0320. The molecule has 0 N–H and O–H groups in total. The number of aromatic nitrogens is 3. The summed E-state index contributed by atoms with van der Waals surface area (Å²) in [4.78, 5) is 10.7. The molecule has 0 aromatic carbocycles. The van der Waals surface area contributed by atoms with Crippen molar-refractivity contribution < 1.29 is 4.74 Å². The SMILES string of the molecule is CC(C)(C)c1cn2nc(N3CCC(CN4CCOCC4)C3)sc2n1. The lowest BCUT2D eigenvalue weighted by atomic mass is 9.93. The molecule has 0 radical (unpaired) electrons. The van der Waals surface area contributed by atoms with Gasteiger partial charge < -0.3 is 9.64 Å². The van der Waals surface area contributed by atoms with Gasteiger partial charge in [-0.3, -0.25) is 4.90 Å². The van der Waals surface area contributed by atoms with Crippen molar-refractivity contribution in [1.82, 2.24) is 19.5 Å². The van der Waals surface area contributed by atoms with Gasteiger partial charge in [-0.1, -0.05) is 32.1 Å². The number of rotatable bonds is 3. The average Bonchev–Trinajstić information content (AvgIpc) is 3.20. The zero-order valence-corrected chi connectivity index (χ0v) is 15.7. The van der Waals surface area contributed by atoms with E-state index in [2.05, 4.69) is 36.8 Å². The van der Waals surface area contributed by atoms with Crippen molar-refractivity contribution in [1.29, 1.82) is 0 Å². The van der Waals surface area contributed by atoms with Crippen molar-refractivity contribution in [3.63, 3.8) is 0 Å². The van der Waals surface area contributed by atoms with Gasteiger partial charge in [0.15, 0.2) is 0 Å². The monoisotopic (exact) mass is 349 g/mol. The molecule has 2 aromatic heterocycles. The molecule has 6 nitrogen and oxygen atoms in total. The van der Waals surface area contributed by atoms with Crippen molar-refractivity contribution in [3.8, 4) is 0 Å². The standard InChI is InChI=1S/C17H27N5OS/c1-17(2,3)14-12-22-15(18-14)24-16(19-22)21-5-4-13(11-21)10-20-6-8-23-9-7-20/h12-13H,4-11H2,1-3H3. The molecule has 132 valence electrons. The van der Waals surface area contributed by atoms with Crippen LogP contribution in [-0.2, 0) is 10.2 Å². The summed E-state index contributed by atoms with van der Waals surface area (Å²) >= 11 is 1.71. The molecule has 2 aromatic rings. The molecule has 0 amide bonds. The smallest absolute Gasteiger partial charge is 0.214 e. The molecule has 2 saturated heterocycles. The maximum Gasteiger partial charge on any atom is 0.214 e. The van der Waals surface area contributed by atoms with Gasteiger partial charge in [0.2, 0.25) is 10.1 Å². The van der Waals surface area contributed by atoms with E-state index in [9.17, 15) is 0 Å². The largest absolute Gasteiger partial charge is 0.379 e. The third-order valence-corrected chi connectivity index (χ3v) is 5.96. The Morgan fingerprint density at radius 2 is 2.04 bits per heavy atom. The number of imidazole rings is 1. The Bertz CT molecular complexity index is 666. The van der Waals surface area contributed by atoms with Gasteiger partial charge >= 0.3 is 0 Å². The fourth-order valence-electron chi connectivity index (χ4n) is 3.48. The van der Waals surface area contributed by atoms with E-state index in [4.69, 9.17) is 14.8 Å². The van der Waals surface area contributed by atoms with Gasteiger partial charge in [-0.2, -0.15) is 0 Å². The molecule has 0 aliphatic carbocycles. The number of anilines is 1. The molecule has 1 atom stereocenters. The molecule has 4 rings (SSSR count). The van der Waals surface area contributed by atoms with Gasteiger partial charge in [-0.15, -0.1) is 5.10 Å². The second kappa shape index (κ2) is 6.28. The van der Waals surface area contributed by atoms with Crippen LogP contribution in [0.15, 0.2) is 6.20 Å². The zero-order chi connectivity index (χ0) is 16.7. The highest BCUT2D eigenvalue weighted by Crippen LogP contribution is 2.30. The van der Waals surface area contributed by atoms with Crippen LogP contribution < -0.4 is 4.90 Å². The fraction of sp³-hybridized carbons (Fsp3) is 0.765. The van der Waals surface area contributed by atoms with Crippen molar-refractivity contribution in [3.05, 3.63) is 11.9 Å². The summed E-state index contributed by atoms with van der Waals surface area (Å²) in [7, 11) is 0. The summed E-state index contributed by atoms with van der Waals surface area (Å²) < 4.78 is 7.40. The van der Waals surface area contributed by atoms with Gasteiger partial charge in [0, 0.05) is 38.1 Å². The highest BCUT2D eigenvalue weighted by molar-refractivity contribution is 7.20. The third-order valence-electron chi connectivity index (χ3n) is 4.98. The van der Waals surface area contributed by atoms with Gasteiger partial charge in [-0.25, -0.2) is 9.50 Å². The van der Waals surface area contributed by atoms with Crippen molar-refractivity contribution in [2.45, 2.75) is 32.6 Å². The fourth-order valence-corrected chi connectivity index (χ4v) is 4.40. The molecular formula is C17H27N5OS. The first kappa shape index (κ1) is 16.3. The van der Waals surface area contributed by atoms with E-state index < -0.39 is 0 Å². The van der Waals surface area contributed by atoms with Crippen LogP contribution in [0.2, 0.25) is 0 Å².